The van der Waals surface area contributed by atoms with E-state index in [0.29, 0.717) is 17.8 Å². The molecule has 0 bridgehead atoms. The van der Waals surface area contributed by atoms with Crippen LogP contribution in [-0.2, 0) is 14.3 Å². The van der Waals surface area contributed by atoms with Crippen molar-refractivity contribution in [2.45, 2.75) is 84.2 Å². The molecule has 3 heteroatoms. The van der Waals surface area contributed by atoms with Crippen molar-refractivity contribution < 1.29 is 14.3 Å². The van der Waals surface area contributed by atoms with E-state index >= 15 is 0 Å². The molecule has 2 saturated carbocycles. The second kappa shape index (κ2) is 5.87. The SMILES string of the molecule is CCOC1=CC2=CC[C@@H]3[C@@H](CC[C@@]4(C)[C@@H]3CC[C@@]43CCC(=O)O3)[C@@]2(C)CC1. The molecule has 0 amide bonds. The second-order valence-corrected chi connectivity index (χ2v) is 10.2. The highest BCUT2D eigenvalue weighted by molar-refractivity contribution is 5.72. The molecule has 5 aliphatic rings. The van der Waals surface area contributed by atoms with Crippen LogP contribution in [0.4, 0.5) is 0 Å². The number of ether oxygens (including phenoxy) is 2. The number of fused-ring (bicyclic) bond motifs is 6. The maximum absolute atomic E-state index is 12.0. The fraction of sp³-hybridized carbons (Fsp3) is 0.792. The van der Waals surface area contributed by atoms with Gasteiger partial charge < -0.3 is 9.47 Å². The highest BCUT2D eigenvalue weighted by Gasteiger charge is 2.66. The van der Waals surface area contributed by atoms with Crippen LogP contribution in [0.25, 0.3) is 0 Å². The van der Waals surface area contributed by atoms with E-state index in [4.69, 9.17) is 9.47 Å². The minimum absolute atomic E-state index is 0.0395. The van der Waals surface area contributed by atoms with Crippen LogP contribution in [0.3, 0.4) is 0 Å². The molecule has 6 atom stereocenters. The monoisotopic (exact) mass is 370 g/mol. The normalized spacial score (nSPS) is 48.3. The predicted molar refractivity (Wildman–Crippen MR) is 105 cm³/mol. The average Bonchev–Trinajstić information content (AvgIpc) is 3.16. The molecule has 1 spiro atoms. The van der Waals surface area contributed by atoms with Gasteiger partial charge in [0.1, 0.15) is 5.60 Å². The first kappa shape index (κ1) is 17.8. The van der Waals surface area contributed by atoms with Gasteiger partial charge in [-0.2, -0.15) is 0 Å². The molecule has 4 aliphatic carbocycles. The molecule has 0 N–H and O–H groups in total. The summed E-state index contributed by atoms with van der Waals surface area (Å²) in [5, 5.41) is 0. The van der Waals surface area contributed by atoms with E-state index < -0.39 is 0 Å². The number of hydrogen-bond donors (Lipinski definition) is 0. The summed E-state index contributed by atoms with van der Waals surface area (Å²) in [6, 6.07) is 0. The minimum atomic E-state index is -0.154. The zero-order valence-electron chi connectivity index (χ0n) is 17.2. The van der Waals surface area contributed by atoms with Crippen LogP contribution in [-0.4, -0.2) is 18.2 Å². The Bertz CT molecular complexity index is 721. The highest BCUT2D eigenvalue weighted by atomic mass is 16.6. The van der Waals surface area contributed by atoms with Gasteiger partial charge in [-0.05, 0) is 86.7 Å². The summed E-state index contributed by atoms with van der Waals surface area (Å²) < 4.78 is 11.9. The van der Waals surface area contributed by atoms with E-state index in [1.165, 1.54) is 43.4 Å². The first-order valence-electron chi connectivity index (χ1n) is 11.2. The van der Waals surface area contributed by atoms with Crippen LogP contribution >= 0.6 is 0 Å². The van der Waals surface area contributed by atoms with Crippen molar-refractivity contribution in [3.05, 3.63) is 23.5 Å². The second-order valence-electron chi connectivity index (χ2n) is 10.2. The third-order valence-electron chi connectivity index (χ3n) is 9.39. The molecule has 0 radical (unpaired) electrons. The van der Waals surface area contributed by atoms with Crippen molar-refractivity contribution in [2.75, 3.05) is 6.61 Å². The highest BCUT2D eigenvalue weighted by Crippen LogP contribution is 2.69. The van der Waals surface area contributed by atoms with Crippen molar-refractivity contribution in [3.63, 3.8) is 0 Å². The molecule has 27 heavy (non-hydrogen) atoms. The molecule has 0 unspecified atom stereocenters. The lowest BCUT2D eigenvalue weighted by Gasteiger charge is -2.58. The topological polar surface area (TPSA) is 35.5 Å². The standard InChI is InChI=1S/C24H34O3/c1-4-26-17-7-11-22(2)16(15-17)5-6-18-19(22)8-12-23(3)20(18)9-13-24(23)14-10-21(25)27-24/h5,15,18-20H,4,6-14H2,1-3H3/t18-,19-,20-,22+,23+,24-/m1/s1. The number of carbonyl (C=O) groups is 1. The fourth-order valence-electron chi connectivity index (χ4n) is 7.89. The van der Waals surface area contributed by atoms with Crippen LogP contribution in [0.5, 0.6) is 0 Å². The summed E-state index contributed by atoms with van der Waals surface area (Å²) in [6.45, 7) is 7.81. The lowest BCUT2D eigenvalue weighted by Crippen LogP contribution is -2.54. The number of hydrogen-bond acceptors (Lipinski definition) is 3. The van der Waals surface area contributed by atoms with Crippen LogP contribution < -0.4 is 0 Å². The van der Waals surface area contributed by atoms with Gasteiger partial charge in [0.15, 0.2) is 0 Å². The Morgan fingerprint density at radius 3 is 2.67 bits per heavy atom. The summed E-state index contributed by atoms with van der Waals surface area (Å²) in [5.41, 5.74) is 1.86. The quantitative estimate of drug-likeness (QED) is 0.597. The Morgan fingerprint density at radius 1 is 1.11 bits per heavy atom. The summed E-state index contributed by atoms with van der Waals surface area (Å²) in [7, 11) is 0. The van der Waals surface area contributed by atoms with E-state index in [1.54, 1.807) is 0 Å². The van der Waals surface area contributed by atoms with Crippen molar-refractivity contribution in [1.29, 1.82) is 0 Å². The molecule has 3 nitrogen and oxygen atoms in total. The Morgan fingerprint density at radius 2 is 1.93 bits per heavy atom. The molecule has 0 aromatic heterocycles. The van der Waals surface area contributed by atoms with Crippen LogP contribution in [0, 0.1) is 28.6 Å². The van der Waals surface area contributed by atoms with Gasteiger partial charge in [0.2, 0.25) is 0 Å². The van der Waals surface area contributed by atoms with Gasteiger partial charge >= 0.3 is 5.97 Å². The Balaban J connectivity index is 1.46. The summed E-state index contributed by atoms with van der Waals surface area (Å²) in [5.74, 6) is 3.44. The van der Waals surface area contributed by atoms with E-state index in [9.17, 15) is 4.79 Å². The van der Waals surface area contributed by atoms with E-state index in [-0.39, 0.29) is 17.0 Å². The Kier molecular flexibility index (Phi) is 3.88. The van der Waals surface area contributed by atoms with Crippen molar-refractivity contribution in [3.8, 4) is 0 Å². The van der Waals surface area contributed by atoms with Gasteiger partial charge in [0, 0.05) is 18.3 Å². The summed E-state index contributed by atoms with van der Waals surface area (Å²) >= 11 is 0. The lowest BCUT2D eigenvalue weighted by molar-refractivity contribution is -0.167. The molecular weight excluding hydrogens is 336 g/mol. The minimum Gasteiger partial charge on any atom is -0.498 e. The summed E-state index contributed by atoms with van der Waals surface area (Å²) in [4.78, 5) is 12.0. The van der Waals surface area contributed by atoms with E-state index in [0.717, 1.165) is 37.7 Å². The molecule has 5 rings (SSSR count). The number of esters is 1. The van der Waals surface area contributed by atoms with Gasteiger partial charge in [0.25, 0.3) is 0 Å². The molecule has 1 heterocycles. The smallest absolute Gasteiger partial charge is 0.306 e. The van der Waals surface area contributed by atoms with E-state index in [2.05, 4.69) is 32.9 Å². The first-order chi connectivity index (χ1) is 12.9. The van der Waals surface area contributed by atoms with Gasteiger partial charge in [-0.15, -0.1) is 0 Å². The molecule has 0 aromatic rings. The molecule has 1 saturated heterocycles. The number of rotatable bonds is 2. The number of carbonyl (C=O) groups excluding carboxylic acids is 1. The largest absolute Gasteiger partial charge is 0.498 e. The van der Waals surface area contributed by atoms with Crippen LogP contribution in [0.15, 0.2) is 23.5 Å². The molecular formula is C24H34O3. The van der Waals surface area contributed by atoms with Gasteiger partial charge in [0.05, 0.1) is 12.4 Å². The predicted octanol–water partition coefficient (Wildman–Crippen LogP) is 5.56. The average molecular weight is 371 g/mol. The molecule has 1 aliphatic heterocycles. The first-order valence-corrected chi connectivity index (χ1v) is 11.2. The lowest BCUT2D eigenvalue weighted by atomic mass is 9.47. The van der Waals surface area contributed by atoms with Gasteiger partial charge in [-0.3, -0.25) is 4.79 Å². The van der Waals surface area contributed by atoms with Crippen molar-refractivity contribution >= 4 is 5.97 Å². The molecule has 3 fully saturated rings. The van der Waals surface area contributed by atoms with Crippen molar-refractivity contribution in [1.82, 2.24) is 0 Å². The Hall–Kier alpha value is -1.25. The third-order valence-corrected chi connectivity index (χ3v) is 9.39. The maximum atomic E-state index is 12.0. The number of allylic oxidation sites excluding steroid dienone is 4. The maximum Gasteiger partial charge on any atom is 0.306 e. The van der Waals surface area contributed by atoms with Gasteiger partial charge in [-0.1, -0.05) is 19.9 Å². The molecule has 148 valence electrons. The van der Waals surface area contributed by atoms with Crippen LogP contribution in [0.1, 0.15) is 78.6 Å². The van der Waals surface area contributed by atoms with E-state index in [1.807, 2.05) is 0 Å². The van der Waals surface area contributed by atoms with Crippen LogP contribution in [0.2, 0.25) is 0 Å². The third kappa shape index (κ3) is 2.29. The van der Waals surface area contributed by atoms with Gasteiger partial charge in [-0.25, -0.2) is 0 Å². The summed E-state index contributed by atoms with van der Waals surface area (Å²) in [6.07, 6.45) is 14.8. The van der Waals surface area contributed by atoms with Crippen molar-refractivity contribution in [2.24, 2.45) is 28.6 Å². The zero-order chi connectivity index (χ0) is 18.9. The fourth-order valence-corrected chi connectivity index (χ4v) is 7.89. The zero-order valence-corrected chi connectivity index (χ0v) is 17.2. The molecule has 0 aromatic carbocycles. The Labute approximate surface area is 163 Å².